The van der Waals surface area contributed by atoms with Crippen molar-refractivity contribution in [3.63, 3.8) is 0 Å². The Morgan fingerprint density at radius 1 is 1.27 bits per heavy atom. The van der Waals surface area contributed by atoms with Crippen LogP contribution in [0.3, 0.4) is 0 Å². The molecule has 0 atom stereocenters. The number of hydrogen-bond acceptors (Lipinski definition) is 5. The van der Waals surface area contributed by atoms with Gasteiger partial charge in [0.25, 0.3) is 5.91 Å². The van der Waals surface area contributed by atoms with Crippen LogP contribution in [0.5, 0.6) is 5.75 Å². The zero-order valence-electron chi connectivity index (χ0n) is 14.2. The summed E-state index contributed by atoms with van der Waals surface area (Å²) in [5.74, 6) is -0.601. The summed E-state index contributed by atoms with van der Waals surface area (Å²) in [6.07, 6.45) is 0. The van der Waals surface area contributed by atoms with E-state index in [-0.39, 0.29) is 36.5 Å². The molecule has 3 rings (SSSR count). The van der Waals surface area contributed by atoms with Gasteiger partial charge in [-0.3, -0.25) is 9.59 Å². The smallest absolute Gasteiger partial charge is 0.260 e. The lowest BCUT2D eigenvalue weighted by molar-refractivity contribution is -0.133. The maximum Gasteiger partial charge on any atom is 0.260 e. The molecule has 0 bridgehead atoms. The molecule has 0 saturated heterocycles. The molecule has 2 aromatic carbocycles. The van der Waals surface area contributed by atoms with Gasteiger partial charge >= 0.3 is 0 Å². The molecule has 7 heteroatoms. The van der Waals surface area contributed by atoms with E-state index in [0.29, 0.717) is 22.4 Å². The van der Waals surface area contributed by atoms with E-state index < -0.39 is 5.82 Å². The molecule has 0 radical (unpaired) electrons. The van der Waals surface area contributed by atoms with Crippen LogP contribution in [-0.2, 0) is 4.79 Å². The molecule has 136 valence electrons. The number of rotatable bonds is 6. The summed E-state index contributed by atoms with van der Waals surface area (Å²) in [7, 11) is 0. The lowest BCUT2D eigenvalue weighted by Gasteiger charge is -2.20. The van der Waals surface area contributed by atoms with Gasteiger partial charge in [0.05, 0.1) is 16.7 Å². The van der Waals surface area contributed by atoms with Crippen LogP contribution in [0.4, 0.5) is 4.39 Å². The Hall–Kier alpha value is -2.51. The number of aliphatic hydroxyl groups is 1. The molecular formula is C19H18FNO4S. The number of carbonyl (C=O) groups excluding carboxylic acids is 1. The number of aliphatic hydroxyl groups excluding tert-OH is 1. The summed E-state index contributed by atoms with van der Waals surface area (Å²) in [5, 5.41) is 9.42. The van der Waals surface area contributed by atoms with Crippen molar-refractivity contribution in [3.8, 4) is 5.75 Å². The average Bonchev–Trinajstić information content (AvgIpc) is 2.65. The number of halogens is 1. The number of nitrogens with zero attached hydrogens (tertiary/aromatic N) is 1. The Balaban J connectivity index is 2.01. The maximum atomic E-state index is 14.3. The van der Waals surface area contributed by atoms with Crippen molar-refractivity contribution in [1.29, 1.82) is 0 Å². The fourth-order valence-corrected chi connectivity index (χ4v) is 3.92. The lowest BCUT2D eigenvalue weighted by atomic mass is 10.1. The topological polar surface area (TPSA) is 66.8 Å². The number of ether oxygens (including phenoxy) is 1. The lowest BCUT2D eigenvalue weighted by Crippen LogP contribution is -2.36. The van der Waals surface area contributed by atoms with Crippen molar-refractivity contribution in [3.05, 3.63) is 52.4 Å². The van der Waals surface area contributed by atoms with Crippen molar-refractivity contribution in [2.45, 2.75) is 6.92 Å². The summed E-state index contributed by atoms with van der Waals surface area (Å²) in [5.41, 5.74) is -0.390. The van der Waals surface area contributed by atoms with E-state index in [1.54, 1.807) is 25.1 Å². The first-order valence-electron chi connectivity index (χ1n) is 8.22. The highest BCUT2D eigenvalue weighted by molar-refractivity contribution is 7.24. The quantitative estimate of drug-likeness (QED) is 0.673. The molecule has 0 aliphatic rings. The van der Waals surface area contributed by atoms with Crippen LogP contribution in [-0.4, -0.2) is 42.2 Å². The molecule has 26 heavy (non-hydrogen) atoms. The highest BCUT2D eigenvalue weighted by atomic mass is 32.1. The Morgan fingerprint density at radius 2 is 2.04 bits per heavy atom. The molecule has 1 amide bonds. The summed E-state index contributed by atoms with van der Waals surface area (Å²) in [6.45, 7) is 2.10. The van der Waals surface area contributed by atoms with Crippen LogP contribution in [0.2, 0.25) is 0 Å². The third kappa shape index (κ3) is 3.40. The minimum Gasteiger partial charge on any atom is -0.482 e. The van der Waals surface area contributed by atoms with E-state index in [1.807, 2.05) is 6.07 Å². The number of fused-ring (bicyclic) bond motifs is 2. The van der Waals surface area contributed by atoms with Crippen molar-refractivity contribution in [2.75, 3.05) is 26.3 Å². The molecule has 0 aliphatic carbocycles. The fraction of sp³-hybridized carbons (Fsp3) is 0.263. The van der Waals surface area contributed by atoms with E-state index in [9.17, 15) is 14.0 Å². The van der Waals surface area contributed by atoms with Gasteiger partial charge in [-0.25, -0.2) is 4.39 Å². The second kappa shape index (κ2) is 7.80. The van der Waals surface area contributed by atoms with Gasteiger partial charge in [-0.2, -0.15) is 0 Å². The second-order valence-electron chi connectivity index (χ2n) is 5.66. The standard InChI is InChI=1S/C19H18FNO4S/c1-2-21(9-10-22)16(23)11-25-14-8-7-13(20)17-18(24)12-5-3-4-6-15(12)26-19(14)17/h3-8,22H,2,9-11H2,1H3. The van der Waals surface area contributed by atoms with Crippen molar-refractivity contribution >= 4 is 37.4 Å². The molecule has 0 unspecified atom stereocenters. The summed E-state index contributed by atoms with van der Waals surface area (Å²) in [6, 6.07) is 9.61. The van der Waals surface area contributed by atoms with Crippen LogP contribution >= 0.6 is 11.3 Å². The summed E-state index contributed by atoms with van der Waals surface area (Å²) >= 11 is 1.25. The minimum absolute atomic E-state index is 0.0265. The molecule has 3 aromatic rings. The normalized spacial score (nSPS) is 11.0. The van der Waals surface area contributed by atoms with Crippen molar-refractivity contribution in [1.82, 2.24) is 4.90 Å². The van der Waals surface area contributed by atoms with Gasteiger partial charge in [0.15, 0.2) is 12.0 Å². The van der Waals surface area contributed by atoms with E-state index in [4.69, 9.17) is 9.84 Å². The Bertz CT molecular complexity index is 1020. The Kier molecular flexibility index (Phi) is 5.49. The van der Waals surface area contributed by atoms with E-state index in [2.05, 4.69) is 0 Å². The summed E-state index contributed by atoms with van der Waals surface area (Å²) in [4.78, 5) is 26.3. The van der Waals surface area contributed by atoms with Crippen molar-refractivity contribution in [2.24, 2.45) is 0 Å². The van der Waals surface area contributed by atoms with Gasteiger partial charge < -0.3 is 14.7 Å². The van der Waals surface area contributed by atoms with Crippen LogP contribution in [0, 0.1) is 5.82 Å². The number of amides is 1. The van der Waals surface area contributed by atoms with Gasteiger partial charge in [-0.1, -0.05) is 12.1 Å². The Morgan fingerprint density at radius 3 is 2.77 bits per heavy atom. The number of likely N-dealkylation sites (N-methyl/N-ethyl adjacent to an activating group) is 1. The first kappa shape index (κ1) is 18.3. The van der Waals surface area contributed by atoms with Gasteiger partial charge in [-0.05, 0) is 31.2 Å². The predicted octanol–water partition coefficient (Wildman–Crippen LogP) is 2.77. The summed E-state index contributed by atoms with van der Waals surface area (Å²) < 4.78 is 21.0. The predicted molar refractivity (Wildman–Crippen MR) is 100 cm³/mol. The molecule has 1 aromatic heterocycles. The Labute approximate surface area is 153 Å². The first-order valence-corrected chi connectivity index (χ1v) is 9.04. The van der Waals surface area contributed by atoms with E-state index >= 15 is 0 Å². The third-order valence-electron chi connectivity index (χ3n) is 4.10. The highest BCUT2D eigenvalue weighted by Crippen LogP contribution is 2.33. The second-order valence-corrected chi connectivity index (χ2v) is 6.71. The van der Waals surface area contributed by atoms with Gasteiger partial charge in [-0.15, -0.1) is 11.3 Å². The van der Waals surface area contributed by atoms with E-state index in [0.717, 1.165) is 4.70 Å². The van der Waals surface area contributed by atoms with Crippen LogP contribution in [0.1, 0.15) is 6.92 Å². The van der Waals surface area contributed by atoms with Crippen LogP contribution in [0.15, 0.2) is 41.2 Å². The molecular weight excluding hydrogens is 357 g/mol. The van der Waals surface area contributed by atoms with Crippen molar-refractivity contribution < 1.29 is 19.0 Å². The molecule has 0 aliphatic heterocycles. The highest BCUT2D eigenvalue weighted by Gasteiger charge is 2.17. The van der Waals surface area contributed by atoms with Gasteiger partial charge in [0.1, 0.15) is 11.6 Å². The molecule has 1 N–H and O–H groups in total. The molecule has 1 heterocycles. The monoisotopic (exact) mass is 375 g/mol. The largest absolute Gasteiger partial charge is 0.482 e. The number of benzene rings is 2. The number of hydrogen-bond donors (Lipinski definition) is 1. The molecule has 0 spiro atoms. The average molecular weight is 375 g/mol. The van der Waals surface area contributed by atoms with Crippen LogP contribution < -0.4 is 10.2 Å². The zero-order chi connectivity index (χ0) is 18.7. The molecule has 0 saturated carbocycles. The fourth-order valence-electron chi connectivity index (χ4n) is 2.76. The van der Waals surface area contributed by atoms with E-state index in [1.165, 1.54) is 28.4 Å². The number of carbonyl (C=O) groups is 1. The first-order chi connectivity index (χ1) is 12.6. The van der Waals surface area contributed by atoms with Gasteiger partial charge in [0, 0.05) is 23.2 Å². The SMILES string of the molecule is CCN(CCO)C(=O)COc1ccc(F)c2c(=O)c3ccccc3sc12. The third-order valence-corrected chi connectivity index (χ3v) is 5.28. The molecule has 0 fully saturated rings. The minimum atomic E-state index is -0.610. The molecule has 5 nitrogen and oxygen atoms in total. The zero-order valence-corrected chi connectivity index (χ0v) is 15.0. The maximum absolute atomic E-state index is 14.3. The van der Waals surface area contributed by atoms with Gasteiger partial charge in [0.2, 0.25) is 0 Å². The van der Waals surface area contributed by atoms with Crippen LogP contribution in [0.25, 0.3) is 20.2 Å².